The van der Waals surface area contributed by atoms with E-state index in [2.05, 4.69) is 22.1 Å². The van der Waals surface area contributed by atoms with Crippen molar-refractivity contribution in [3.05, 3.63) is 17.3 Å². The summed E-state index contributed by atoms with van der Waals surface area (Å²) in [5, 5.41) is 3.60. The van der Waals surface area contributed by atoms with Gasteiger partial charge in [-0.2, -0.15) is 0 Å². The Hall–Kier alpha value is -1.00. The maximum absolute atomic E-state index is 5.79. The van der Waals surface area contributed by atoms with Crippen LogP contribution in [0.2, 0.25) is 5.15 Å². The van der Waals surface area contributed by atoms with Gasteiger partial charge in [-0.05, 0) is 27.1 Å². The predicted molar refractivity (Wildman–Crippen MR) is 65.3 cm³/mol. The first-order chi connectivity index (χ1) is 6.99. The summed E-state index contributed by atoms with van der Waals surface area (Å²) in [5.74, 6) is 0.716. The molecule has 0 spiro atoms. The Morgan fingerprint density at radius 2 is 2.20 bits per heavy atom. The van der Waals surface area contributed by atoms with Crippen molar-refractivity contribution in [2.75, 3.05) is 31.7 Å². The lowest BCUT2D eigenvalue weighted by Crippen LogP contribution is -2.31. The van der Waals surface area contributed by atoms with Crippen molar-refractivity contribution in [1.82, 2.24) is 9.88 Å². The summed E-state index contributed by atoms with van der Waals surface area (Å²) in [5.41, 5.74) is 6.27. The molecule has 0 saturated carbocycles. The third kappa shape index (κ3) is 3.93. The van der Waals surface area contributed by atoms with Gasteiger partial charge in [0.15, 0.2) is 0 Å². The van der Waals surface area contributed by atoms with Crippen molar-refractivity contribution < 1.29 is 0 Å². The Morgan fingerprint density at radius 1 is 1.53 bits per heavy atom. The van der Waals surface area contributed by atoms with Gasteiger partial charge in [0.05, 0.1) is 0 Å². The zero-order valence-corrected chi connectivity index (χ0v) is 10.0. The van der Waals surface area contributed by atoms with Gasteiger partial charge >= 0.3 is 0 Å². The number of hydrogen-bond donors (Lipinski definition) is 2. The maximum Gasteiger partial charge on any atom is 0.133 e. The fraction of sp³-hybridized carbons (Fsp3) is 0.500. The van der Waals surface area contributed by atoms with Crippen molar-refractivity contribution >= 4 is 23.1 Å². The van der Waals surface area contributed by atoms with E-state index in [1.54, 1.807) is 12.1 Å². The van der Waals surface area contributed by atoms with Gasteiger partial charge in [0.1, 0.15) is 11.0 Å². The van der Waals surface area contributed by atoms with Crippen LogP contribution in [0.25, 0.3) is 0 Å². The Morgan fingerprint density at radius 3 is 2.73 bits per heavy atom. The van der Waals surface area contributed by atoms with Crippen molar-refractivity contribution in [3.8, 4) is 0 Å². The summed E-state index contributed by atoms with van der Waals surface area (Å²) >= 11 is 5.79. The van der Waals surface area contributed by atoms with E-state index in [1.807, 2.05) is 14.1 Å². The highest BCUT2D eigenvalue weighted by molar-refractivity contribution is 6.29. The highest BCUT2D eigenvalue weighted by atomic mass is 35.5. The van der Waals surface area contributed by atoms with Crippen LogP contribution in [0.3, 0.4) is 0 Å². The molecule has 0 bridgehead atoms. The molecule has 1 atom stereocenters. The van der Waals surface area contributed by atoms with Crippen molar-refractivity contribution in [3.63, 3.8) is 0 Å². The van der Waals surface area contributed by atoms with Crippen molar-refractivity contribution in [2.24, 2.45) is 0 Å². The molecular formula is C10H17ClN4. The van der Waals surface area contributed by atoms with Crippen LogP contribution in [-0.2, 0) is 0 Å². The molecule has 0 fully saturated rings. The smallest absolute Gasteiger partial charge is 0.133 e. The van der Waals surface area contributed by atoms with Crippen LogP contribution in [0.15, 0.2) is 12.1 Å². The van der Waals surface area contributed by atoms with Crippen LogP contribution in [-0.4, -0.2) is 36.6 Å². The highest BCUT2D eigenvalue weighted by Gasteiger charge is 2.05. The lowest BCUT2D eigenvalue weighted by Gasteiger charge is -2.20. The Bertz CT molecular complexity index is 307. The van der Waals surface area contributed by atoms with Crippen LogP contribution in [0.4, 0.5) is 11.5 Å². The zero-order chi connectivity index (χ0) is 11.4. The fourth-order valence-electron chi connectivity index (χ4n) is 1.04. The number of anilines is 2. The average molecular weight is 229 g/mol. The van der Waals surface area contributed by atoms with E-state index in [9.17, 15) is 0 Å². The van der Waals surface area contributed by atoms with Crippen molar-refractivity contribution in [2.45, 2.75) is 13.0 Å². The van der Waals surface area contributed by atoms with Crippen molar-refractivity contribution in [1.29, 1.82) is 0 Å². The fourth-order valence-corrected chi connectivity index (χ4v) is 1.26. The second-order valence-corrected chi connectivity index (χ2v) is 4.19. The van der Waals surface area contributed by atoms with Gasteiger partial charge in [-0.25, -0.2) is 4.98 Å². The van der Waals surface area contributed by atoms with Crippen LogP contribution < -0.4 is 11.1 Å². The maximum atomic E-state index is 5.79. The minimum absolute atomic E-state index is 0.412. The molecule has 4 nitrogen and oxygen atoms in total. The van der Waals surface area contributed by atoms with Crippen LogP contribution in [0.1, 0.15) is 6.92 Å². The van der Waals surface area contributed by atoms with Crippen LogP contribution in [0, 0.1) is 0 Å². The number of nitrogens with one attached hydrogen (secondary N) is 1. The topological polar surface area (TPSA) is 54.2 Å². The molecule has 15 heavy (non-hydrogen) atoms. The largest absolute Gasteiger partial charge is 0.399 e. The third-order valence-electron chi connectivity index (χ3n) is 2.28. The van der Waals surface area contributed by atoms with E-state index in [1.165, 1.54) is 0 Å². The normalized spacial score (nSPS) is 12.9. The number of nitrogen functional groups attached to an aromatic ring is 1. The number of aromatic nitrogens is 1. The van der Waals surface area contributed by atoms with E-state index in [0.717, 1.165) is 6.54 Å². The van der Waals surface area contributed by atoms with Gasteiger partial charge in [-0.15, -0.1) is 0 Å². The molecule has 0 aliphatic heterocycles. The predicted octanol–water partition coefficient (Wildman–Crippen LogP) is 1.68. The number of rotatable bonds is 4. The molecule has 1 aromatic rings. The molecule has 0 saturated heterocycles. The van der Waals surface area contributed by atoms with E-state index in [4.69, 9.17) is 17.3 Å². The van der Waals surface area contributed by atoms with Gasteiger partial charge in [0.25, 0.3) is 0 Å². The zero-order valence-electron chi connectivity index (χ0n) is 9.29. The first-order valence-electron chi connectivity index (χ1n) is 4.82. The number of likely N-dealkylation sites (N-methyl/N-ethyl adjacent to an activating group) is 1. The summed E-state index contributed by atoms with van der Waals surface area (Å²) < 4.78 is 0. The quantitative estimate of drug-likeness (QED) is 0.770. The number of halogens is 1. The molecule has 3 N–H and O–H groups in total. The van der Waals surface area contributed by atoms with Gasteiger partial charge in [0, 0.05) is 24.3 Å². The lowest BCUT2D eigenvalue weighted by atomic mass is 10.3. The molecular weight excluding hydrogens is 212 g/mol. The first kappa shape index (κ1) is 12.1. The van der Waals surface area contributed by atoms with E-state index < -0.39 is 0 Å². The molecule has 0 aliphatic carbocycles. The second-order valence-electron chi connectivity index (χ2n) is 3.80. The van der Waals surface area contributed by atoms with Crippen LogP contribution >= 0.6 is 11.6 Å². The summed E-state index contributed by atoms with van der Waals surface area (Å²) in [6.07, 6.45) is 0. The van der Waals surface area contributed by atoms with Gasteiger partial charge in [0.2, 0.25) is 0 Å². The minimum Gasteiger partial charge on any atom is -0.399 e. The van der Waals surface area contributed by atoms with Gasteiger partial charge in [-0.3, -0.25) is 0 Å². The SMILES string of the molecule is CC(CNc1cc(N)cc(Cl)n1)N(C)C. The molecule has 0 amide bonds. The molecule has 5 heteroatoms. The summed E-state index contributed by atoms with van der Waals surface area (Å²) in [6, 6.07) is 3.82. The third-order valence-corrected chi connectivity index (χ3v) is 2.47. The summed E-state index contributed by atoms with van der Waals surface area (Å²) in [7, 11) is 4.07. The molecule has 0 aliphatic rings. The summed E-state index contributed by atoms with van der Waals surface area (Å²) in [4.78, 5) is 6.25. The van der Waals surface area contributed by atoms with Gasteiger partial charge in [-0.1, -0.05) is 11.6 Å². The molecule has 0 radical (unpaired) electrons. The van der Waals surface area contributed by atoms with Gasteiger partial charge < -0.3 is 16.0 Å². The Kier molecular flexibility index (Phi) is 4.17. The molecule has 84 valence electrons. The van der Waals surface area contributed by atoms with E-state index in [0.29, 0.717) is 22.7 Å². The first-order valence-corrected chi connectivity index (χ1v) is 5.20. The highest BCUT2D eigenvalue weighted by Crippen LogP contribution is 2.15. The molecule has 1 aromatic heterocycles. The number of pyridine rings is 1. The molecule has 1 rings (SSSR count). The second kappa shape index (κ2) is 5.19. The Balaban J connectivity index is 2.57. The Labute approximate surface area is 95.4 Å². The monoisotopic (exact) mass is 228 g/mol. The van der Waals surface area contributed by atoms with E-state index in [-0.39, 0.29) is 0 Å². The van der Waals surface area contributed by atoms with Crippen LogP contribution in [0.5, 0.6) is 0 Å². The average Bonchev–Trinajstić information content (AvgIpc) is 2.12. The minimum atomic E-state index is 0.412. The number of nitrogens with zero attached hydrogens (tertiary/aromatic N) is 2. The number of nitrogens with two attached hydrogens (primary N) is 1. The summed E-state index contributed by atoms with van der Waals surface area (Å²) in [6.45, 7) is 2.93. The molecule has 1 unspecified atom stereocenters. The van der Waals surface area contributed by atoms with E-state index >= 15 is 0 Å². The molecule has 1 heterocycles. The number of hydrogen-bond acceptors (Lipinski definition) is 4. The lowest BCUT2D eigenvalue weighted by molar-refractivity contribution is 0.326. The standard InChI is InChI=1S/C10H17ClN4/c1-7(15(2)3)6-13-10-5-8(12)4-9(11)14-10/h4-5,7H,6H2,1-3H3,(H3,12,13,14). The molecule has 0 aromatic carbocycles.